The van der Waals surface area contributed by atoms with Gasteiger partial charge in [0.1, 0.15) is 44.2 Å². The van der Waals surface area contributed by atoms with Crippen molar-refractivity contribution < 1.29 is 161 Å². The van der Waals surface area contributed by atoms with Crippen molar-refractivity contribution in [1.82, 2.24) is 0 Å². The first-order valence-electron chi connectivity index (χ1n) is 25.7. The van der Waals surface area contributed by atoms with Gasteiger partial charge in [0.25, 0.3) is 0 Å². The molecule has 0 atom stereocenters. The molecule has 0 radical (unpaired) electrons. The molecule has 0 heterocycles. The van der Waals surface area contributed by atoms with E-state index < -0.39 is 79.6 Å². The first kappa shape index (κ1) is 73.7. The molecule has 6 aromatic carbocycles. The van der Waals surface area contributed by atoms with Crippen molar-refractivity contribution in [2.75, 3.05) is 26.4 Å². The summed E-state index contributed by atoms with van der Waals surface area (Å²) in [6, 6.07) is 22.3. The van der Waals surface area contributed by atoms with Crippen LogP contribution in [0, 0.1) is 0 Å². The third kappa shape index (κ3) is 23.6. The number of esters is 4. The zero-order valence-electron chi connectivity index (χ0n) is 47.0. The van der Waals surface area contributed by atoms with E-state index in [-0.39, 0.29) is 129 Å². The van der Waals surface area contributed by atoms with Crippen LogP contribution in [0.1, 0.15) is 83.2 Å². The zero-order valence-corrected chi connectivity index (χ0v) is 52.6. The molecule has 0 aromatic heterocycles. The van der Waals surface area contributed by atoms with Crippen LogP contribution in [0.4, 0.5) is 49.1 Å². The summed E-state index contributed by atoms with van der Waals surface area (Å²) in [4.78, 5) is 47.0. The third-order valence-electron chi connectivity index (χ3n) is 11.8. The second kappa shape index (κ2) is 36.0. The van der Waals surface area contributed by atoms with Gasteiger partial charge in [0.15, 0.2) is 0 Å². The van der Waals surface area contributed by atoms with Crippen LogP contribution < -0.4 is 83.3 Å². The molecule has 6 rings (SSSR count). The molecule has 6 aromatic rings. The molecule has 30 heteroatoms. The van der Waals surface area contributed by atoms with Crippen molar-refractivity contribution in [3.05, 3.63) is 169 Å². The van der Waals surface area contributed by atoms with E-state index in [0.29, 0.717) is 62.5 Å². The van der Waals surface area contributed by atoms with Gasteiger partial charge in [-0.3, -0.25) is 5.04 Å². The second-order valence-electron chi connectivity index (χ2n) is 17.9. The van der Waals surface area contributed by atoms with Gasteiger partial charge in [0, 0.05) is 22.6 Å². The summed E-state index contributed by atoms with van der Waals surface area (Å²) in [6.07, 6.45) is -2.17. The van der Waals surface area contributed by atoms with Crippen molar-refractivity contribution in [1.29, 1.82) is 0 Å². The molecule has 0 unspecified atom stereocenters. The zero-order chi connectivity index (χ0) is 62.3. The maximum atomic E-state index is 14.3. The molecule has 88 heavy (non-hydrogen) atoms. The van der Waals surface area contributed by atoms with E-state index in [0.717, 1.165) is 86.4 Å². The van der Waals surface area contributed by atoms with Crippen LogP contribution in [-0.4, -0.2) is 63.3 Å². The van der Waals surface area contributed by atoms with Gasteiger partial charge in [0.2, 0.25) is 0 Å². The van der Waals surface area contributed by atoms with Crippen molar-refractivity contribution in [3.8, 4) is 34.1 Å². The maximum Gasteiger partial charge on any atom is 1.00 e. The Morgan fingerprint density at radius 1 is 0.511 bits per heavy atom. The number of nitrogens with zero attached hydrogens (tertiary/aromatic N) is 4. The summed E-state index contributed by atoms with van der Waals surface area (Å²) in [5.74, 6) is -4.19. The van der Waals surface area contributed by atoms with Crippen molar-refractivity contribution in [3.63, 3.8) is 0 Å². The summed E-state index contributed by atoms with van der Waals surface area (Å²) < 4.78 is 160. The quantitative estimate of drug-likeness (QED) is 0.00339. The Bertz CT molecular complexity index is 3540. The summed E-state index contributed by atoms with van der Waals surface area (Å²) in [5, 5.41) is 29.7. The van der Waals surface area contributed by atoms with Gasteiger partial charge in [0.05, 0.1) is 77.2 Å². The van der Waals surface area contributed by atoms with Crippen molar-refractivity contribution >= 4 is 68.8 Å². The van der Waals surface area contributed by atoms with Crippen LogP contribution >= 0.6 is 12.0 Å². The van der Waals surface area contributed by atoms with E-state index in [9.17, 15) is 63.7 Å². The molecule has 0 aliphatic carbocycles. The molecule has 0 fully saturated rings. The Morgan fingerprint density at radius 3 is 1.27 bits per heavy atom. The fourth-order valence-electron chi connectivity index (χ4n) is 7.58. The molecule has 0 saturated heterocycles. The van der Waals surface area contributed by atoms with Gasteiger partial charge < -0.3 is 38.2 Å². The predicted octanol–water partition coefficient (Wildman–Crippen LogP) is 8.14. The van der Waals surface area contributed by atoms with E-state index in [1.54, 1.807) is 0 Å². The summed E-state index contributed by atoms with van der Waals surface area (Å²) >= 11 is 0.210. The fraction of sp³-hybridized carbons (Fsp3) is 0.241. The number of carbonyl (C=O) groups excluding carboxylic acids is 4. The third-order valence-corrected chi connectivity index (χ3v) is 13.3. The molecular formula is C58H50F6N4Na2O16S2. The molecule has 0 saturated carbocycles. The second-order valence-corrected chi connectivity index (χ2v) is 20.0. The van der Waals surface area contributed by atoms with Crippen molar-refractivity contribution in [2.45, 2.75) is 73.5 Å². The minimum atomic E-state index is -5.41. The van der Waals surface area contributed by atoms with E-state index in [2.05, 4.69) is 43.0 Å². The molecule has 0 aliphatic heterocycles. The van der Waals surface area contributed by atoms with Gasteiger partial charge in [-0.25, -0.2) is 27.6 Å². The number of hydrogen-bond acceptors (Lipinski definition) is 21. The summed E-state index contributed by atoms with van der Waals surface area (Å²) in [6.45, 7) is 7.85. The molecule has 0 amide bonds. The Labute approximate surface area is 548 Å². The number of alkyl halides is 6. The number of rotatable bonds is 31. The van der Waals surface area contributed by atoms with Gasteiger partial charge in [-0.1, -0.05) is 25.3 Å². The average molecular weight is 1280 g/mol. The topological polar surface area (TPSA) is 272 Å². The molecule has 0 aliphatic rings. The number of hydrogen-bond donors (Lipinski definition) is 0. The van der Waals surface area contributed by atoms with Crippen LogP contribution in [0.2, 0.25) is 0 Å². The smallest absolute Gasteiger partial charge is 0.744 e. The molecule has 0 N–H and O–H groups in total. The molecule has 20 nitrogen and oxygen atoms in total. The van der Waals surface area contributed by atoms with E-state index in [4.69, 9.17) is 28.4 Å². The number of benzene rings is 6. The molecule has 454 valence electrons. The normalized spacial score (nSPS) is 11.5. The number of azo groups is 2. The number of carbonyl (C=O) groups is 4. The van der Waals surface area contributed by atoms with E-state index >= 15 is 0 Å². The van der Waals surface area contributed by atoms with E-state index in [1.807, 2.05) is 0 Å². The van der Waals surface area contributed by atoms with E-state index in [1.165, 1.54) is 60.7 Å². The summed E-state index contributed by atoms with van der Waals surface area (Å²) in [5.41, 5.74) is -4.71. The first-order valence-corrected chi connectivity index (χ1v) is 27.8. The van der Waals surface area contributed by atoms with Crippen LogP contribution in [0.3, 0.4) is 0 Å². The van der Waals surface area contributed by atoms with Crippen molar-refractivity contribution in [2.24, 2.45) is 20.5 Å². The monoisotopic (exact) mass is 1280 g/mol. The maximum absolute atomic E-state index is 14.3. The van der Waals surface area contributed by atoms with Gasteiger partial charge >= 0.3 is 95.3 Å². The van der Waals surface area contributed by atoms with Crippen LogP contribution in [0.5, 0.6) is 23.0 Å². The Balaban J connectivity index is 0.00000828. The first-order chi connectivity index (χ1) is 41.1. The number of halogens is 6. The number of unbranched alkanes of at least 4 members (excludes halogenated alkanes) is 6. The number of ether oxygens (including phenoxy) is 6. The Morgan fingerprint density at radius 2 is 0.886 bits per heavy atom. The Hall–Kier alpha value is -6.80. The predicted molar refractivity (Wildman–Crippen MR) is 292 cm³/mol. The molecule has 0 spiro atoms. The summed E-state index contributed by atoms with van der Waals surface area (Å²) in [7, 11) is -5.41. The van der Waals surface area contributed by atoms with Crippen LogP contribution in [-0.2, 0) is 50.9 Å². The fourth-order valence-corrected chi connectivity index (χ4v) is 8.83. The largest absolute Gasteiger partial charge is 1.00 e. The van der Waals surface area contributed by atoms with Crippen LogP contribution in [0.15, 0.2) is 177 Å². The SMILES string of the molecule is C=CC(=O)OCCCCCCOc1ccc(C(=O)Oc2ccc(N=Nc3ccc(-c4ccc(N=Nc5ccc(OC(=O)c6ccc(OCCCCCCOC(=O)C=C)cc6)c(C(F)(F)F)c5)cc4S(=O)(=O)[O-])c(SOO[O-])c3)cc2C(F)(F)F)cc1.[Na+].[Na+]. The minimum Gasteiger partial charge on any atom is -0.744 e. The minimum absolute atomic E-state index is 0. The Kier molecular flexibility index (Phi) is 30.1. The van der Waals surface area contributed by atoms with Gasteiger partial charge in [-0.15, -0.1) is 0 Å². The van der Waals surface area contributed by atoms with Gasteiger partial charge in [-0.05, 0) is 166 Å². The van der Waals surface area contributed by atoms with Crippen LogP contribution in [0.25, 0.3) is 11.1 Å². The van der Waals surface area contributed by atoms with Gasteiger partial charge in [-0.2, -0.15) is 51.1 Å². The molecule has 0 bridgehead atoms. The molecular weight excluding hydrogens is 1230 g/mol. The average Bonchev–Trinajstić information content (AvgIpc) is 3.69. The standard InChI is InChI=1S/C58H52F6N4O16S2.2Na/c1-3-53(69)79-31-11-7-5-9-29-77-43-21-13-37(14-22-43)55(71)81-49-27-19-39(33-47(49)57(59,60)61)65-67-41-17-25-45(51(35-41)85-84-83-73)46-26-18-42(36-52(46)86(74,75)76)68-66-40-20-28-50(48(34-40)58(62,63)64)82-56(72)38-15-23-44(24-16-38)78-30-10-6-8-12-32-80-54(70)4-2;;/h3-4,13-28,33-36,73H,1-2,5-12,29-32H2,(H,74,75,76);;/q;2*+1/p-2.